The van der Waals surface area contributed by atoms with E-state index in [9.17, 15) is 14.3 Å². The number of nitrogens with zero attached hydrogens (tertiary/aromatic N) is 1. The number of aromatic nitrogens is 2. The number of para-hydroxylation sites is 1. The van der Waals surface area contributed by atoms with Crippen molar-refractivity contribution in [2.24, 2.45) is 0 Å². The molecule has 1 atom stereocenters. The van der Waals surface area contributed by atoms with Crippen LogP contribution in [0.25, 0.3) is 39.0 Å². The van der Waals surface area contributed by atoms with Crippen molar-refractivity contribution in [3.63, 3.8) is 0 Å². The van der Waals surface area contributed by atoms with Crippen molar-refractivity contribution in [1.82, 2.24) is 14.9 Å². The Balaban J connectivity index is 1.44. The molecule has 3 aromatic carbocycles. The van der Waals surface area contributed by atoms with Crippen LogP contribution in [-0.2, 0) is 19.4 Å². The fourth-order valence-corrected chi connectivity index (χ4v) is 6.15. The summed E-state index contributed by atoms with van der Waals surface area (Å²) in [6, 6.07) is 20.0. The maximum Gasteiger partial charge on any atom is 0.253 e. The minimum atomic E-state index is -0.507. The number of hydrogen-bond donors (Lipinski definition) is 3. The van der Waals surface area contributed by atoms with Crippen LogP contribution in [0.2, 0.25) is 0 Å². The van der Waals surface area contributed by atoms with Gasteiger partial charge in [-0.15, -0.1) is 0 Å². The first-order chi connectivity index (χ1) is 20.8. The van der Waals surface area contributed by atoms with Crippen LogP contribution in [0, 0.1) is 5.82 Å². The quantitative estimate of drug-likeness (QED) is 0.183. The van der Waals surface area contributed by atoms with Crippen LogP contribution in [0.3, 0.4) is 0 Å². The van der Waals surface area contributed by atoms with E-state index in [1.165, 1.54) is 17.7 Å². The van der Waals surface area contributed by atoms with Gasteiger partial charge in [0, 0.05) is 46.0 Å². The number of ether oxygens (including phenoxy) is 1. The standard InChI is InChI=1S/C36H36FN3O3/c1-21(2)22(3)29-17-30-23(16-34(29)43-4)12-13-40-33(30)18-31(35(40)24-8-7-9-26(37)14-24)36(42)39-27(20-41)15-25-19-38-32-11-6-5-10-28(25)32/h5-11,14,16-19,27,38,41H,12-13,15,20H2,1-4H3,(H,39,42)/t27-/m1/s1. The lowest BCUT2D eigenvalue weighted by Crippen LogP contribution is -2.39. The highest BCUT2D eigenvalue weighted by Crippen LogP contribution is 2.42. The number of amides is 1. The number of benzene rings is 3. The number of carbonyl (C=O) groups is 1. The van der Waals surface area contributed by atoms with Gasteiger partial charge in [-0.25, -0.2) is 4.39 Å². The van der Waals surface area contributed by atoms with E-state index in [4.69, 9.17) is 4.74 Å². The largest absolute Gasteiger partial charge is 0.496 e. The minimum Gasteiger partial charge on any atom is -0.496 e. The Kier molecular flexibility index (Phi) is 7.67. The molecule has 220 valence electrons. The molecule has 0 unspecified atom stereocenters. The number of aliphatic hydroxyl groups is 1. The molecule has 6 rings (SSSR count). The van der Waals surface area contributed by atoms with Gasteiger partial charge < -0.3 is 24.7 Å². The molecule has 0 radical (unpaired) electrons. The summed E-state index contributed by atoms with van der Waals surface area (Å²) in [6.07, 6.45) is 3.12. The van der Waals surface area contributed by atoms with Gasteiger partial charge in [0.05, 0.1) is 31.0 Å². The van der Waals surface area contributed by atoms with E-state index in [1.807, 2.05) is 42.6 Å². The second kappa shape index (κ2) is 11.6. The zero-order valence-electron chi connectivity index (χ0n) is 24.9. The third-order valence-electron chi connectivity index (χ3n) is 8.60. The lowest BCUT2D eigenvalue weighted by molar-refractivity contribution is 0.0917. The summed E-state index contributed by atoms with van der Waals surface area (Å²) in [7, 11) is 1.69. The van der Waals surface area contributed by atoms with E-state index >= 15 is 0 Å². The molecule has 3 heterocycles. The Morgan fingerprint density at radius 2 is 1.88 bits per heavy atom. The second-order valence-corrected chi connectivity index (χ2v) is 11.5. The van der Waals surface area contributed by atoms with Gasteiger partial charge >= 0.3 is 0 Å². The molecule has 1 amide bonds. The Morgan fingerprint density at radius 3 is 2.63 bits per heavy atom. The van der Waals surface area contributed by atoms with Gasteiger partial charge in [0.2, 0.25) is 0 Å². The molecule has 0 saturated carbocycles. The van der Waals surface area contributed by atoms with Gasteiger partial charge in [0.25, 0.3) is 5.91 Å². The van der Waals surface area contributed by atoms with Gasteiger partial charge in [0.1, 0.15) is 11.6 Å². The molecule has 1 aliphatic rings. The molecule has 0 aliphatic carbocycles. The molecule has 0 bridgehead atoms. The number of aliphatic hydroxyl groups excluding tert-OH is 1. The van der Waals surface area contributed by atoms with Crippen molar-refractivity contribution in [3.05, 3.63) is 107 Å². The molecular weight excluding hydrogens is 541 g/mol. The number of methoxy groups -OCH3 is 1. The van der Waals surface area contributed by atoms with Crippen LogP contribution in [0.4, 0.5) is 4.39 Å². The van der Waals surface area contributed by atoms with Crippen molar-refractivity contribution in [2.75, 3.05) is 13.7 Å². The lowest BCUT2D eigenvalue weighted by Gasteiger charge is -2.24. The number of carbonyl (C=O) groups excluding carboxylic acids is 1. The topological polar surface area (TPSA) is 79.3 Å². The highest BCUT2D eigenvalue weighted by atomic mass is 19.1. The predicted octanol–water partition coefficient (Wildman–Crippen LogP) is 7.15. The number of allylic oxidation sites excluding steroid dienone is 2. The zero-order valence-corrected chi connectivity index (χ0v) is 24.9. The van der Waals surface area contributed by atoms with E-state index in [1.54, 1.807) is 13.2 Å². The van der Waals surface area contributed by atoms with Crippen molar-refractivity contribution in [1.29, 1.82) is 0 Å². The van der Waals surface area contributed by atoms with Gasteiger partial charge in [-0.05, 0) is 86.7 Å². The van der Waals surface area contributed by atoms with E-state index < -0.39 is 6.04 Å². The molecule has 0 fully saturated rings. The van der Waals surface area contributed by atoms with Crippen molar-refractivity contribution in [2.45, 2.75) is 46.2 Å². The summed E-state index contributed by atoms with van der Waals surface area (Å²) in [5.41, 5.74) is 10.2. The number of hydrogen-bond acceptors (Lipinski definition) is 3. The first-order valence-corrected chi connectivity index (χ1v) is 14.6. The van der Waals surface area contributed by atoms with Crippen LogP contribution in [0.15, 0.2) is 78.5 Å². The number of aromatic amines is 1. The Hall–Kier alpha value is -4.62. The first-order valence-electron chi connectivity index (χ1n) is 14.6. The summed E-state index contributed by atoms with van der Waals surface area (Å²) in [5.74, 6) is 0.147. The number of nitrogens with one attached hydrogen (secondary N) is 2. The van der Waals surface area contributed by atoms with Gasteiger partial charge in [-0.2, -0.15) is 0 Å². The number of aryl methyl sites for hydroxylation is 1. The van der Waals surface area contributed by atoms with Gasteiger partial charge in [-0.3, -0.25) is 4.79 Å². The number of H-pyrrole nitrogens is 1. The molecule has 1 aliphatic heterocycles. The fraction of sp³-hybridized carbons (Fsp3) is 0.250. The molecule has 43 heavy (non-hydrogen) atoms. The Morgan fingerprint density at radius 1 is 1.07 bits per heavy atom. The van der Waals surface area contributed by atoms with Crippen LogP contribution < -0.4 is 10.1 Å². The van der Waals surface area contributed by atoms with Crippen LogP contribution in [-0.4, -0.2) is 40.3 Å². The lowest BCUT2D eigenvalue weighted by atomic mass is 9.92. The number of rotatable bonds is 8. The highest BCUT2D eigenvalue weighted by molar-refractivity contribution is 6.02. The zero-order chi connectivity index (χ0) is 30.2. The van der Waals surface area contributed by atoms with E-state index in [0.717, 1.165) is 56.6 Å². The second-order valence-electron chi connectivity index (χ2n) is 11.5. The normalized spacial score (nSPS) is 12.9. The Bertz CT molecular complexity index is 1880. The molecule has 0 saturated heterocycles. The van der Waals surface area contributed by atoms with Gasteiger partial charge in [-0.1, -0.05) is 35.9 Å². The molecule has 6 nitrogen and oxygen atoms in total. The summed E-state index contributed by atoms with van der Waals surface area (Å²) < 4.78 is 22.4. The molecule has 0 spiro atoms. The third-order valence-corrected chi connectivity index (χ3v) is 8.60. The summed E-state index contributed by atoms with van der Waals surface area (Å²) in [6.45, 7) is 6.65. The summed E-state index contributed by atoms with van der Waals surface area (Å²) in [4.78, 5) is 17.3. The smallest absolute Gasteiger partial charge is 0.253 e. The number of fused-ring (bicyclic) bond motifs is 4. The summed E-state index contributed by atoms with van der Waals surface area (Å²) in [5, 5.41) is 14.4. The average molecular weight is 578 g/mol. The number of halogens is 1. The van der Waals surface area contributed by atoms with Crippen molar-refractivity contribution in [3.8, 4) is 28.3 Å². The summed E-state index contributed by atoms with van der Waals surface area (Å²) >= 11 is 0. The van der Waals surface area contributed by atoms with Crippen LogP contribution >= 0.6 is 0 Å². The van der Waals surface area contributed by atoms with Gasteiger partial charge in [0.15, 0.2) is 0 Å². The average Bonchev–Trinajstić information content (AvgIpc) is 3.61. The fourth-order valence-electron chi connectivity index (χ4n) is 6.15. The first kappa shape index (κ1) is 28.5. The monoisotopic (exact) mass is 577 g/mol. The molecule has 2 aromatic heterocycles. The van der Waals surface area contributed by atoms with E-state index in [0.29, 0.717) is 29.8 Å². The molecule has 3 N–H and O–H groups in total. The third kappa shape index (κ3) is 5.25. The van der Waals surface area contributed by atoms with E-state index in [-0.39, 0.29) is 18.3 Å². The Labute approximate surface area is 250 Å². The van der Waals surface area contributed by atoms with Crippen molar-refractivity contribution >= 4 is 22.4 Å². The SMILES string of the molecule is COc1cc2c(cc1C(C)=C(C)C)-c1cc(C(=O)N[C@@H](CO)Cc3c[nH]c4ccccc34)c(-c3cccc(F)c3)n1CC2. The highest BCUT2D eigenvalue weighted by Gasteiger charge is 2.29. The predicted molar refractivity (Wildman–Crippen MR) is 170 cm³/mol. The minimum absolute atomic E-state index is 0.220. The van der Waals surface area contributed by atoms with Crippen LogP contribution in [0.5, 0.6) is 5.75 Å². The molecule has 7 heteroatoms. The maximum atomic E-state index is 14.5. The van der Waals surface area contributed by atoms with Crippen molar-refractivity contribution < 1.29 is 19.0 Å². The molecule has 5 aromatic rings. The molecular formula is C36H36FN3O3. The van der Waals surface area contributed by atoms with Crippen LogP contribution in [0.1, 0.15) is 47.8 Å². The van der Waals surface area contributed by atoms with E-state index in [2.05, 4.69) is 47.8 Å². The maximum absolute atomic E-state index is 14.5.